The average molecular weight is 1200 g/mol. The van der Waals surface area contributed by atoms with E-state index < -0.39 is 29.4 Å². The molecule has 0 amide bonds. The summed E-state index contributed by atoms with van der Waals surface area (Å²) in [7, 11) is 4.17. The summed E-state index contributed by atoms with van der Waals surface area (Å²) in [6.45, 7) is 5.77. The van der Waals surface area contributed by atoms with E-state index in [4.69, 9.17) is 37.2 Å². The lowest BCUT2D eigenvalue weighted by molar-refractivity contribution is 0.0592. The van der Waals surface area contributed by atoms with Crippen molar-refractivity contribution in [1.29, 1.82) is 0 Å². The van der Waals surface area contributed by atoms with E-state index in [9.17, 15) is 22.8 Å². The molecule has 9 heterocycles. The molecular weight excluding hydrogens is 1150 g/mol. The second-order valence-corrected chi connectivity index (χ2v) is 20.2. The first kappa shape index (κ1) is 56.5. The molecule has 2 aliphatic rings. The predicted molar refractivity (Wildman–Crippen MR) is 326 cm³/mol. The highest BCUT2D eigenvalue weighted by molar-refractivity contribution is 5.98. The van der Waals surface area contributed by atoms with Crippen LogP contribution >= 0.6 is 0 Å². The number of methoxy groups -OCH3 is 3. The third-order valence-corrected chi connectivity index (χ3v) is 14.9. The Bertz CT molecular complexity index is 4850. The van der Waals surface area contributed by atoms with Crippen molar-refractivity contribution >= 4 is 84.9 Å². The molecule has 15 rings (SSSR count). The maximum atomic E-state index is 13.8. The first-order chi connectivity index (χ1) is 43.4. The minimum Gasteiger partial charge on any atom is -0.497 e. The van der Waals surface area contributed by atoms with Gasteiger partial charge >= 0.3 is 11.9 Å². The summed E-state index contributed by atoms with van der Waals surface area (Å²) >= 11 is 0. The van der Waals surface area contributed by atoms with Gasteiger partial charge in [-0.05, 0) is 97.3 Å². The van der Waals surface area contributed by atoms with Crippen molar-refractivity contribution in [2.24, 2.45) is 0 Å². The number of ether oxygens (including phenoxy) is 4. The number of esters is 2. The fourth-order valence-corrected chi connectivity index (χ4v) is 10.5. The van der Waals surface area contributed by atoms with Crippen molar-refractivity contribution in [3.63, 3.8) is 0 Å². The fourth-order valence-electron chi connectivity index (χ4n) is 10.5. The quantitative estimate of drug-likeness (QED) is 0.0920. The third-order valence-electron chi connectivity index (χ3n) is 14.9. The number of rotatable bonds is 10. The van der Waals surface area contributed by atoms with E-state index in [2.05, 4.69) is 65.8 Å². The van der Waals surface area contributed by atoms with Crippen LogP contribution in [0, 0.1) is 17.5 Å². The second-order valence-electron chi connectivity index (χ2n) is 20.2. The van der Waals surface area contributed by atoms with Gasteiger partial charge in [-0.25, -0.2) is 57.3 Å². The summed E-state index contributed by atoms with van der Waals surface area (Å²) in [4.78, 5) is 55.9. The number of aromatic nitrogens is 8. The van der Waals surface area contributed by atoms with E-state index >= 15 is 0 Å². The third kappa shape index (κ3) is 11.2. The zero-order valence-electron chi connectivity index (χ0n) is 47.7. The number of halogens is 3. The fraction of sp³-hybridized carbons (Fsp3) is 0.119. The summed E-state index contributed by atoms with van der Waals surface area (Å²) < 4.78 is 80.6. The molecule has 19 nitrogen and oxygen atoms in total. The zero-order chi connectivity index (χ0) is 61.3. The average Bonchev–Trinajstić information content (AvgIpc) is 2.99. The largest absolute Gasteiger partial charge is 0.497 e. The maximum absolute atomic E-state index is 13.8. The lowest BCUT2D eigenvalue weighted by atomic mass is 10.0. The van der Waals surface area contributed by atoms with Crippen LogP contribution in [0.25, 0.3) is 90.1 Å². The number of aryl methyl sites for hydroxylation is 1. The molecule has 0 unspecified atom stereocenters. The Hall–Kier alpha value is -11.7. The number of pyridine rings is 3. The molecule has 7 aromatic heterocycles. The molecular formula is C67H49F3N10O9. The lowest BCUT2D eigenvalue weighted by Crippen LogP contribution is -2.29. The summed E-state index contributed by atoms with van der Waals surface area (Å²) in [6, 6.07) is 41.2. The number of hydrogen-bond donors (Lipinski definition) is 0. The van der Waals surface area contributed by atoms with Gasteiger partial charge in [0.1, 0.15) is 63.8 Å². The van der Waals surface area contributed by atoms with E-state index in [0.29, 0.717) is 70.0 Å². The smallest absolute Gasteiger partial charge is 0.338 e. The van der Waals surface area contributed by atoms with Gasteiger partial charge in [0.2, 0.25) is 17.7 Å². The second kappa shape index (κ2) is 24.0. The topological polar surface area (TPSA) is 212 Å². The highest BCUT2D eigenvalue weighted by Crippen LogP contribution is 2.40. The van der Waals surface area contributed by atoms with Crippen LogP contribution in [0.15, 0.2) is 190 Å². The number of benzene rings is 6. The normalized spacial score (nSPS) is 12.6. The van der Waals surface area contributed by atoms with Crippen LogP contribution < -0.4 is 14.5 Å². The first-order valence-corrected chi connectivity index (χ1v) is 27.8. The number of hydrogen-bond acceptors (Lipinski definition) is 18. The summed E-state index contributed by atoms with van der Waals surface area (Å²) in [6.07, 6.45) is 8.60. The van der Waals surface area contributed by atoms with Gasteiger partial charge in [0.05, 0.1) is 73.1 Å². The van der Waals surface area contributed by atoms with Gasteiger partial charge in [0.15, 0.2) is 22.6 Å². The standard InChI is InChI=1S/C24H21N3O2.C22H15F2N3O4.C21H13FN4O3/c1-16(28-2)18-14-23(27-13-7-9-17-8-3-5-11-21(17)27)25-15-19(18)24-26-20-10-4-6-12-22(20)29-24;1-29-22(28)14-10-20(27-6-7-30-18-5-3-12(23)8-17(18)27)25-11-15(14)21-26-16-4-2-13(24)9-19(16)31-21;1-28-21(27)14-9-19(26-17-5-3-2-4-12(17)10-24-26)23-11-15(14)20-25-16-7-6-13(22)8-18(16)29-20/h3-6,8,10-12,14-15H,1,7,9,13H2,2H3;2-5,8-11H,6-7H2,1H3;2-11H,1H3. The highest BCUT2D eigenvalue weighted by atomic mass is 19.1. The van der Waals surface area contributed by atoms with E-state index in [0.717, 1.165) is 58.3 Å². The Morgan fingerprint density at radius 2 is 1.04 bits per heavy atom. The van der Waals surface area contributed by atoms with Crippen molar-refractivity contribution in [2.45, 2.75) is 12.8 Å². The molecule has 13 aromatic rings. The first-order valence-electron chi connectivity index (χ1n) is 27.8. The Morgan fingerprint density at radius 3 is 1.70 bits per heavy atom. The number of anilines is 4. The van der Waals surface area contributed by atoms with Crippen LogP contribution in [0.3, 0.4) is 0 Å². The van der Waals surface area contributed by atoms with Crippen molar-refractivity contribution in [2.75, 3.05) is 50.8 Å². The molecule has 89 heavy (non-hydrogen) atoms. The highest BCUT2D eigenvalue weighted by Gasteiger charge is 2.28. The van der Waals surface area contributed by atoms with Crippen LogP contribution in [0.5, 0.6) is 5.75 Å². The van der Waals surface area contributed by atoms with Gasteiger partial charge in [-0.15, -0.1) is 0 Å². The van der Waals surface area contributed by atoms with Crippen LogP contribution in [0.1, 0.15) is 38.3 Å². The Kier molecular flexibility index (Phi) is 15.2. The minimum absolute atomic E-state index is 0.105. The molecule has 0 spiro atoms. The number of carbonyl (C=O) groups is 2. The Morgan fingerprint density at radius 1 is 0.517 bits per heavy atom. The SMILES string of the molecule is C=C(OC)c1cc(N2CCCc3ccccc32)ncc1-c1nc2ccccc2o1.COC(=O)c1cc(-n2ncc3ccccc32)ncc1-c1nc2ccc(F)cc2o1.COC(=O)c1cc(N2CCOc3ccc(F)cc32)ncc1-c1nc2ccc(F)cc2o1. The van der Waals surface area contributed by atoms with Crippen LogP contribution in [0.2, 0.25) is 0 Å². The number of nitrogens with zero attached hydrogens (tertiary/aromatic N) is 10. The summed E-state index contributed by atoms with van der Waals surface area (Å²) in [5, 5.41) is 5.30. The van der Waals surface area contributed by atoms with Crippen LogP contribution in [-0.4, -0.2) is 92.6 Å². The lowest BCUT2D eigenvalue weighted by Gasteiger charge is -2.30. The Labute approximate surface area is 503 Å². The molecule has 0 bridgehead atoms. The van der Waals surface area contributed by atoms with Crippen molar-refractivity contribution in [3.8, 4) is 45.9 Å². The van der Waals surface area contributed by atoms with Crippen molar-refractivity contribution in [1.82, 2.24) is 39.7 Å². The summed E-state index contributed by atoms with van der Waals surface area (Å²) in [5.41, 5.74) is 9.47. The maximum Gasteiger partial charge on any atom is 0.338 e. The molecule has 22 heteroatoms. The van der Waals surface area contributed by atoms with E-state index in [1.54, 1.807) is 41.2 Å². The predicted octanol–water partition coefficient (Wildman–Crippen LogP) is 14.2. The number of oxazole rings is 3. The van der Waals surface area contributed by atoms with Crippen LogP contribution in [-0.2, 0) is 20.6 Å². The number of fused-ring (bicyclic) bond motifs is 6. The van der Waals surface area contributed by atoms with E-state index in [1.165, 1.54) is 92.5 Å². The van der Waals surface area contributed by atoms with Gasteiger partial charge in [-0.3, -0.25) is 0 Å². The molecule has 0 saturated heterocycles. The molecule has 0 aliphatic carbocycles. The molecule has 0 atom stereocenters. The number of para-hydroxylation sites is 4. The van der Waals surface area contributed by atoms with Gasteiger partial charge in [-0.2, -0.15) is 5.10 Å². The molecule has 0 saturated carbocycles. The van der Waals surface area contributed by atoms with Crippen molar-refractivity contribution < 1.29 is 55.0 Å². The Balaban J connectivity index is 0.000000123. The molecule has 0 fully saturated rings. The zero-order valence-corrected chi connectivity index (χ0v) is 47.7. The monoisotopic (exact) mass is 1190 g/mol. The van der Waals surface area contributed by atoms with Gasteiger partial charge in [0.25, 0.3) is 0 Å². The van der Waals surface area contributed by atoms with Gasteiger partial charge in [0, 0.05) is 60.0 Å². The van der Waals surface area contributed by atoms with E-state index in [1.807, 2.05) is 54.6 Å². The molecule has 2 aliphatic heterocycles. The number of carbonyl (C=O) groups excluding carboxylic acids is 2. The summed E-state index contributed by atoms with van der Waals surface area (Å²) in [5.74, 6) is 1.02. The molecule has 442 valence electrons. The van der Waals surface area contributed by atoms with Crippen LogP contribution in [0.4, 0.5) is 36.2 Å². The molecule has 0 N–H and O–H groups in total. The van der Waals surface area contributed by atoms with Gasteiger partial charge in [-0.1, -0.05) is 55.1 Å². The van der Waals surface area contributed by atoms with E-state index in [-0.39, 0.29) is 34.1 Å². The molecule has 6 aromatic carbocycles. The molecule has 0 radical (unpaired) electrons. The van der Waals surface area contributed by atoms with Crippen molar-refractivity contribution in [3.05, 3.63) is 217 Å². The van der Waals surface area contributed by atoms with Gasteiger partial charge < -0.3 is 42.0 Å². The minimum atomic E-state index is -0.625.